The summed E-state index contributed by atoms with van der Waals surface area (Å²) in [6.45, 7) is 0. The number of nitrogens with zero attached hydrogens (tertiary/aromatic N) is 3. The molecule has 0 fully saturated rings. The second-order valence-electron chi connectivity index (χ2n) is 2.12. The lowest BCUT2D eigenvalue weighted by atomic mass is 10.5. The molecule has 1 aliphatic rings. The Morgan fingerprint density at radius 1 is 1.43 bits per heavy atom. The van der Waals surface area contributed by atoms with E-state index < -0.39 is 12.1 Å². The zero-order valence-electron chi connectivity index (χ0n) is 7.55. The first kappa shape index (κ1) is 9.96. The van der Waals surface area contributed by atoms with E-state index in [4.69, 9.17) is 0 Å². The number of esters is 1. The summed E-state index contributed by atoms with van der Waals surface area (Å²) in [6.07, 6.45) is 0.435. The minimum Gasteiger partial charge on any atom is -0.464 e. The van der Waals surface area contributed by atoms with Gasteiger partial charge in [0.1, 0.15) is 0 Å². The molecule has 8 nitrogen and oxygen atoms in total. The number of ether oxygens (including phenoxy) is 2. The van der Waals surface area contributed by atoms with E-state index in [2.05, 4.69) is 25.2 Å². The van der Waals surface area contributed by atoms with Crippen LogP contribution in [0.2, 0.25) is 0 Å². The molecule has 1 rings (SSSR count). The number of hydrogen-bond donors (Lipinski definition) is 1. The van der Waals surface area contributed by atoms with Gasteiger partial charge in [-0.3, -0.25) is 5.43 Å². The van der Waals surface area contributed by atoms with Gasteiger partial charge in [0.15, 0.2) is 5.70 Å². The summed E-state index contributed by atoms with van der Waals surface area (Å²) in [6, 6.07) is 0. The largest absolute Gasteiger partial charge is 0.464 e. The number of methoxy groups -OCH3 is 2. The van der Waals surface area contributed by atoms with Crippen LogP contribution in [-0.2, 0) is 14.3 Å². The minimum absolute atomic E-state index is 0.0346. The number of rotatable bonds is 1. The van der Waals surface area contributed by atoms with Crippen LogP contribution in [0.1, 0.15) is 0 Å². The van der Waals surface area contributed by atoms with Gasteiger partial charge in [0.2, 0.25) is 0 Å². The van der Waals surface area contributed by atoms with Crippen LogP contribution in [0.4, 0.5) is 4.79 Å². The molecule has 1 heterocycles. The molecule has 1 amide bonds. The van der Waals surface area contributed by atoms with Crippen LogP contribution in [0.3, 0.4) is 0 Å². The Labute approximate surface area is 79.1 Å². The van der Waals surface area contributed by atoms with E-state index >= 15 is 0 Å². The molecular formula is C6H8N4O4. The zero-order chi connectivity index (χ0) is 10.6. The third kappa shape index (κ3) is 1.97. The van der Waals surface area contributed by atoms with Crippen molar-refractivity contribution < 1.29 is 19.1 Å². The zero-order valence-corrected chi connectivity index (χ0v) is 7.55. The first-order chi connectivity index (χ1) is 6.69. The van der Waals surface area contributed by atoms with E-state index in [0.717, 1.165) is 5.12 Å². The maximum Gasteiger partial charge on any atom is 0.451 e. The van der Waals surface area contributed by atoms with Gasteiger partial charge < -0.3 is 9.47 Å². The summed E-state index contributed by atoms with van der Waals surface area (Å²) in [5.74, 6) is -0.647. The second-order valence-corrected chi connectivity index (χ2v) is 2.12. The maximum absolute atomic E-state index is 10.9. The smallest absolute Gasteiger partial charge is 0.451 e. The summed E-state index contributed by atoms with van der Waals surface area (Å²) in [5, 5.41) is 7.51. The fraction of sp³-hybridized carbons (Fsp3) is 0.333. The van der Waals surface area contributed by atoms with Crippen molar-refractivity contribution in [2.75, 3.05) is 14.2 Å². The van der Waals surface area contributed by atoms with E-state index in [0.29, 0.717) is 0 Å². The molecule has 0 aromatic carbocycles. The summed E-state index contributed by atoms with van der Waals surface area (Å²) >= 11 is 0. The van der Waals surface area contributed by atoms with Gasteiger partial charge in [0, 0.05) is 0 Å². The Hall–Kier alpha value is -2.12. The fourth-order valence-corrected chi connectivity index (χ4v) is 0.650. The van der Waals surface area contributed by atoms with Crippen molar-refractivity contribution in [3.63, 3.8) is 0 Å². The van der Waals surface area contributed by atoms with Gasteiger partial charge in [-0.25, -0.2) is 9.59 Å². The molecular weight excluding hydrogens is 192 g/mol. The van der Waals surface area contributed by atoms with Gasteiger partial charge in [0.05, 0.1) is 20.4 Å². The van der Waals surface area contributed by atoms with Crippen LogP contribution < -0.4 is 5.43 Å². The minimum atomic E-state index is -0.742. The molecule has 0 saturated carbocycles. The molecule has 0 saturated heterocycles. The molecule has 0 radical (unpaired) electrons. The number of carbonyl (C=O) groups excluding carboxylic acids is 2. The summed E-state index contributed by atoms with van der Waals surface area (Å²) in [4.78, 5) is 21.7. The first-order valence-electron chi connectivity index (χ1n) is 3.53. The second kappa shape index (κ2) is 4.21. The molecule has 0 atom stereocenters. The summed E-state index contributed by atoms with van der Waals surface area (Å²) in [7, 11) is 2.41. The number of amides is 1. The van der Waals surface area contributed by atoms with E-state index in [-0.39, 0.29) is 5.70 Å². The van der Waals surface area contributed by atoms with Gasteiger partial charge in [0.25, 0.3) is 0 Å². The van der Waals surface area contributed by atoms with Crippen molar-refractivity contribution >= 4 is 12.1 Å². The molecule has 0 aliphatic carbocycles. The van der Waals surface area contributed by atoms with Crippen LogP contribution in [0.25, 0.3) is 0 Å². The van der Waals surface area contributed by atoms with E-state index in [1.165, 1.54) is 20.4 Å². The third-order valence-electron chi connectivity index (χ3n) is 1.31. The average molecular weight is 200 g/mol. The molecule has 0 bridgehead atoms. The molecule has 1 N–H and O–H groups in total. The quantitative estimate of drug-likeness (QED) is 0.599. The van der Waals surface area contributed by atoms with Crippen molar-refractivity contribution in [1.29, 1.82) is 0 Å². The topological polar surface area (TPSA) is 92.6 Å². The van der Waals surface area contributed by atoms with E-state index in [1.54, 1.807) is 0 Å². The van der Waals surface area contributed by atoms with Crippen molar-refractivity contribution in [1.82, 2.24) is 10.5 Å². The number of nitrogens with one attached hydrogen (secondary N) is 1. The number of hydrogen-bond acceptors (Lipinski definition) is 7. The maximum atomic E-state index is 10.9. The van der Waals surface area contributed by atoms with Crippen molar-refractivity contribution in [2.45, 2.75) is 0 Å². The summed E-state index contributed by atoms with van der Waals surface area (Å²) < 4.78 is 8.71. The highest BCUT2D eigenvalue weighted by molar-refractivity contribution is 5.87. The van der Waals surface area contributed by atoms with Gasteiger partial charge in [-0.15, -0.1) is 5.11 Å². The Kier molecular flexibility index (Phi) is 3.00. The van der Waals surface area contributed by atoms with Crippen molar-refractivity contribution in [3.05, 3.63) is 11.9 Å². The van der Waals surface area contributed by atoms with Gasteiger partial charge in [-0.05, 0) is 5.22 Å². The Morgan fingerprint density at radius 2 is 2.14 bits per heavy atom. The standard InChI is InChI=1S/C6H8N4O4/c1-13-5(11)4-3-7-10(9-8-4)6(12)14-2/h3,7H,1-2H3. The highest BCUT2D eigenvalue weighted by Gasteiger charge is 2.18. The average Bonchev–Trinajstić information content (AvgIpc) is 2.27. The molecule has 0 unspecified atom stereocenters. The SMILES string of the molecule is COC(=O)C1=CNN(C(=O)OC)N=N1. The Morgan fingerprint density at radius 3 is 2.57 bits per heavy atom. The molecule has 0 aromatic rings. The van der Waals surface area contributed by atoms with Gasteiger partial charge in [-0.1, -0.05) is 5.12 Å². The molecule has 14 heavy (non-hydrogen) atoms. The lowest BCUT2D eigenvalue weighted by Gasteiger charge is -2.16. The van der Waals surface area contributed by atoms with E-state index in [9.17, 15) is 9.59 Å². The third-order valence-corrected chi connectivity index (χ3v) is 1.31. The molecule has 8 heteroatoms. The Bertz CT molecular complexity index is 311. The van der Waals surface area contributed by atoms with Crippen LogP contribution in [-0.4, -0.2) is 31.4 Å². The van der Waals surface area contributed by atoms with Crippen molar-refractivity contribution in [3.8, 4) is 0 Å². The van der Waals surface area contributed by atoms with Crippen LogP contribution in [0.15, 0.2) is 22.2 Å². The van der Waals surface area contributed by atoms with Crippen LogP contribution in [0.5, 0.6) is 0 Å². The molecule has 0 spiro atoms. The monoisotopic (exact) mass is 200 g/mol. The normalized spacial score (nSPS) is 14.1. The highest BCUT2D eigenvalue weighted by Crippen LogP contribution is 2.06. The predicted molar refractivity (Wildman–Crippen MR) is 42.3 cm³/mol. The summed E-state index contributed by atoms with van der Waals surface area (Å²) in [5.41, 5.74) is 2.34. The lowest BCUT2D eigenvalue weighted by Crippen LogP contribution is -2.37. The molecule has 0 aromatic heterocycles. The van der Waals surface area contributed by atoms with Crippen molar-refractivity contribution in [2.24, 2.45) is 10.3 Å². The number of hydrazine groups is 1. The lowest BCUT2D eigenvalue weighted by molar-refractivity contribution is -0.136. The molecule has 1 aliphatic heterocycles. The molecule has 76 valence electrons. The van der Waals surface area contributed by atoms with Gasteiger partial charge >= 0.3 is 12.1 Å². The van der Waals surface area contributed by atoms with Crippen LogP contribution in [0, 0.1) is 0 Å². The fourth-order valence-electron chi connectivity index (χ4n) is 0.650. The van der Waals surface area contributed by atoms with E-state index in [1.807, 2.05) is 0 Å². The predicted octanol–water partition coefficient (Wildman–Crippen LogP) is -0.0454. The van der Waals surface area contributed by atoms with Gasteiger partial charge in [-0.2, -0.15) is 0 Å². The first-order valence-corrected chi connectivity index (χ1v) is 3.53. The highest BCUT2D eigenvalue weighted by atomic mass is 16.6. The Balaban J connectivity index is 2.62. The number of carbonyl (C=O) groups is 2. The van der Waals surface area contributed by atoms with Crippen LogP contribution >= 0.6 is 0 Å².